The van der Waals surface area contributed by atoms with Crippen LogP contribution in [0.25, 0.3) is 0 Å². The van der Waals surface area contributed by atoms with E-state index in [2.05, 4.69) is 24.5 Å². The molecule has 1 aliphatic rings. The van der Waals surface area contributed by atoms with Crippen LogP contribution in [0.15, 0.2) is 0 Å². The minimum absolute atomic E-state index is 0.0255. The van der Waals surface area contributed by atoms with E-state index in [0.717, 1.165) is 13.0 Å². The molecule has 1 rings (SSSR count). The van der Waals surface area contributed by atoms with E-state index in [1.54, 1.807) is 0 Å². The average molecular weight is 170 g/mol. The van der Waals surface area contributed by atoms with Crippen LogP contribution in [0.1, 0.15) is 27.2 Å². The third-order valence-electron chi connectivity index (χ3n) is 2.16. The van der Waals surface area contributed by atoms with Crippen LogP contribution in [0.3, 0.4) is 0 Å². The second-order valence-electron chi connectivity index (χ2n) is 3.96. The van der Waals surface area contributed by atoms with Gasteiger partial charge in [0.25, 0.3) is 0 Å². The van der Waals surface area contributed by atoms with Crippen molar-refractivity contribution in [2.75, 3.05) is 6.54 Å². The Labute approximate surface area is 73.9 Å². The molecule has 0 aromatic rings. The first kappa shape index (κ1) is 9.52. The number of rotatable bonds is 2. The molecule has 2 N–H and O–H groups in total. The van der Waals surface area contributed by atoms with E-state index in [-0.39, 0.29) is 11.9 Å². The molecule has 70 valence electrons. The predicted octanol–water partition coefficient (Wildman–Crippen LogP) is 0.509. The molecule has 0 bridgehead atoms. The molecule has 2 atom stereocenters. The monoisotopic (exact) mass is 170 g/mol. The Balaban J connectivity index is 2.35. The van der Waals surface area contributed by atoms with Crippen molar-refractivity contribution in [3.63, 3.8) is 0 Å². The maximum absolute atomic E-state index is 11.1. The van der Waals surface area contributed by atoms with E-state index in [9.17, 15) is 4.79 Å². The van der Waals surface area contributed by atoms with Gasteiger partial charge in [-0.3, -0.25) is 4.79 Å². The van der Waals surface area contributed by atoms with Crippen molar-refractivity contribution in [3.8, 4) is 0 Å². The first-order valence-electron chi connectivity index (χ1n) is 4.63. The smallest absolute Gasteiger partial charge is 0.236 e. The summed E-state index contributed by atoms with van der Waals surface area (Å²) in [7, 11) is 0. The van der Waals surface area contributed by atoms with Gasteiger partial charge < -0.3 is 10.6 Å². The van der Waals surface area contributed by atoms with Crippen LogP contribution in [0, 0.1) is 5.92 Å². The second kappa shape index (κ2) is 3.90. The molecule has 0 radical (unpaired) electrons. The Kier molecular flexibility index (Phi) is 3.09. The normalized spacial score (nSPS) is 30.5. The first-order chi connectivity index (χ1) is 5.59. The van der Waals surface area contributed by atoms with Gasteiger partial charge >= 0.3 is 0 Å². The number of carbonyl (C=O) groups excluding carboxylic acids is 1. The van der Waals surface area contributed by atoms with Crippen LogP contribution in [0.5, 0.6) is 0 Å². The van der Waals surface area contributed by atoms with Crippen LogP contribution < -0.4 is 10.6 Å². The fraction of sp³-hybridized carbons (Fsp3) is 0.889. The lowest BCUT2D eigenvalue weighted by atomic mass is 10.0. The molecule has 0 aromatic heterocycles. The fourth-order valence-electron chi connectivity index (χ4n) is 1.59. The van der Waals surface area contributed by atoms with E-state index >= 15 is 0 Å². The molecule has 12 heavy (non-hydrogen) atoms. The number of carbonyl (C=O) groups is 1. The standard InChI is InChI=1S/C9H18N2O/c1-6(2)4-8-5-10-9(12)7(3)11-8/h6-8,11H,4-5H2,1-3H3,(H,10,12)/t7-,8?/m0/s1. The lowest BCUT2D eigenvalue weighted by molar-refractivity contribution is -0.124. The van der Waals surface area contributed by atoms with Gasteiger partial charge in [-0.2, -0.15) is 0 Å². The minimum Gasteiger partial charge on any atom is -0.353 e. The van der Waals surface area contributed by atoms with Crippen molar-refractivity contribution in [1.82, 2.24) is 10.6 Å². The summed E-state index contributed by atoms with van der Waals surface area (Å²) in [5.41, 5.74) is 0. The van der Waals surface area contributed by atoms with Gasteiger partial charge in [0, 0.05) is 12.6 Å². The molecule has 0 aliphatic carbocycles. The Bertz CT molecular complexity index is 168. The summed E-state index contributed by atoms with van der Waals surface area (Å²) in [4.78, 5) is 11.1. The van der Waals surface area contributed by atoms with E-state index in [0.29, 0.717) is 12.0 Å². The molecule has 3 heteroatoms. The molecule has 0 saturated carbocycles. The van der Waals surface area contributed by atoms with Gasteiger partial charge in [-0.15, -0.1) is 0 Å². The van der Waals surface area contributed by atoms with Crippen molar-refractivity contribution in [3.05, 3.63) is 0 Å². The maximum atomic E-state index is 11.1. The highest BCUT2D eigenvalue weighted by atomic mass is 16.2. The lowest BCUT2D eigenvalue weighted by Gasteiger charge is -2.29. The zero-order valence-corrected chi connectivity index (χ0v) is 8.05. The van der Waals surface area contributed by atoms with Crippen LogP contribution in [0.2, 0.25) is 0 Å². The average Bonchev–Trinajstić information content (AvgIpc) is 1.96. The molecular formula is C9H18N2O. The quantitative estimate of drug-likeness (QED) is 0.634. The third-order valence-corrected chi connectivity index (χ3v) is 2.16. The van der Waals surface area contributed by atoms with Gasteiger partial charge in [0.2, 0.25) is 5.91 Å². The summed E-state index contributed by atoms with van der Waals surface area (Å²) in [5, 5.41) is 6.17. The van der Waals surface area contributed by atoms with Crippen LogP contribution >= 0.6 is 0 Å². The van der Waals surface area contributed by atoms with Crippen LogP contribution in [-0.4, -0.2) is 24.5 Å². The number of piperazine rings is 1. The third kappa shape index (κ3) is 2.48. The maximum Gasteiger partial charge on any atom is 0.236 e. The molecule has 1 saturated heterocycles. The zero-order valence-electron chi connectivity index (χ0n) is 8.05. The van der Waals surface area contributed by atoms with E-state index < -0.39 is 0 Å². The Morgan fingerprint density at radius 1 is 1.58 bits per heavy atom. The second-order valence-corrected chi connectivity index (χ2v) is 3.96. The van der Waals surface area contributed by atoms with Gasteiger partial charge in [-0.25, -0.2) is 0 Å². The van der Waals surface area contributed by atoms with Crippen molar-refractivity contribution < 1.29 is 4.79 Å². The number of hydrogen-bond acceptors (Lipinski definition) is 2. The summed E-state index contributed by atoms with van der Waals surface area (Å²) < 4.78 is 0. The van der Waals surface area contributed by atoms with Gasteiger partial charge in [0.1, 0.15) is 0 Å². The largest absolute Gasteiger partial charge is 0.353 e. The summed E-state index contributed by atoms with van der Waals surface area (Å²) in [5.74, 6) is 0.805. The Morgan fingerprint density at radius 2 is 2.25 bits per heavy atom. The fourth-order valence-corrected chi connectivity index (χ4v) is 1.59. The van der Waals surface area contributed by atoms with E-state index in [1.807, 2.05) is 6.92 Å². The highest BCUT2D eigenvalue weighted by Crippen LogP contribution is 2.07. The van der Waals surface area contributed by atoms with Crippen LogP contribution in [0.4, 0.5) is 0 Å². The Hall–Kier alpha value is -0.570. The summed E-state index contributed by atoms with van der Waals surface area (Å²) in [6.07, 6.45) is 1.13. The predicted molar refractivity (Wildman–Crippen MR) is 48.9 cm³/mol. The van der Waals surface area contributed by atoms with Crippen molar-refractivity contribution >= 4 is 5.91 Å². The molecule has 1 unspecified atom stereocenters. The summed E-state index contributed by atoms with van der Waals surface area (Å²) in [6.45, 7) is 7.08. The molecule has 0 aromatic carbocycles. The molecular weight excluding hydrogens is 152 g/mol. The molecule has 1 aliphatic heterocycles. The van der Waals surface area contributed by atoms with Gasteiger partial charge in [0.15, 0.2) is 0 Å². The molecule has 1 fully saturated rings. The molecule has 1 heterocycles. The van der Waals surface area contributed by atoms with Crippen molar-refractivity contribution in [2.24, 2.45) is 5.92 Å². The minimum atomic E-state index is -0.0255. The molecule has 3 nitrogen and oxygen atoms in total. The summed E-state index contributed by atoms with van der Waals surface area (Å²) >= 11 is 0. The van der Waals surface area contributed by atoms with Crippen molar-refractivity contribution in [1.29, 1.82) is 0 Å². The topological polar surface area (TPSA) is 41.1 Å². The summed E-state index contributed by atoms with van der Waals surface area (Å²) in [6, 6.07) is 0.431. The number of amides is 1. The number of nitrogens with one attached hydrogen (secondary N) is 2. The lowest BCUT2D eigenvalue weighted by Crippen LogP contribution is -2.57. The van der Waals surface area contributed by atoms with Crippen LogP contribution in [-0.2, 0) is 4.79 Å². The first-order valence-corrected chi connectivity index (χ1v) is 4.63. The van der Waals surface area contributed by atoms with E-state index in [1.165, 1.54) is 0 Å². The van der Waals surface area contributed by atoms with Gasteiger partial charge in [-0.05, 0) is 19.3 Å². The zero-order chi connectivity index (χ0) is 9.14. The van der Waals surface area contributed by atoms with E-state index in [4.69, 9.17) is 0 Å². The van der Waals surface area contributed by atoms with Gasteiger partial charge in [0.05, 0.1) is 6.04 Å². The van der Waals surface area contributed by atoms with Crippen molar-refractivity contribution in [2.45, 2.75) is 39.3 Å². The molecule has 1 amide bonds. The van der Waals surface area contributed by atoms with Gasteiger partial charge in [-0.1, -0.05) is 13.8 Å². The highest BCUT2D eigenvalue weighted by molar-refractivity contribution is 5.82. The number of hydrogen-bond donors (Lipinski definition) is 2. The molecule has 0 spiro atoms. The Morgan fingerprint density at radius 3 is 2.75 bits per heavy atom. The SMILES string of the molecule is CC(C)CC1CNC(=O)[C@H](C)N1. The highest BCUT2D eigenvalue weighted by Gasteiger charge is 2.23.